The summed E-state index contributed by atoms with van der Waals surface area (Å²) in [5, 5.41) is 4.00. The summed E-state index contributed by atoms with van der Waals surface area (Å²) in [4.78, 5) is 4.40. The number of hydrogen-bond acceptors (Lipinski definition) is 4. The highest BCUT2D eigenvalue weighted by molar-refractivity contribution is 9.10. The molecule has 0 spiro atoms. The average molecular weight is 395 g/mol. The lowest BCUT2D eigenvalue weighted by molar-refractivity contribution is 0.432. The van der Waals surface area contributed by atoms with Crippen LogP contribution in [0.3, 0.4) is 0 Å². The van der Waals surface area contributed by atoms with Crippen molar-refractivity contribution < 1.29 is 4.52 Å². The number of nitrogen functional groups attached to an aromatic ring is 1. The van der Waals surface area contributed by atoms with Gasteiger partial charge in [-0.15, -0.1) is 0 Å². The zero-order chi connectivity index (χ0) is 14.1. The van der Waals surface area contributed by atoms with E-state index < -0.39 is 0 Å². The molecule has 3 aromatic rings. The average Bonchev–Trinajstić information content (AvgIpc) is 2.92. The monoisotopic (exact) mass is 393 g/mol. The highest BCUT2D eigenvalue weighted by atomic mass is 79.9. The van der Waals surface area contributed by atoms with Crippen molar-refractivity contribution in [3.63, 3.8) is 0 Å². The van der Waals surface area contributed by atoms with E-state index in [4.69, 9.17) is 10.3 Å². The molecule has 0 atom stereocenters. The zero-order valence-electron chi connectivity index (χ0n) is 10.2. The Morgan fingerprint density at radius 3 is 2.50 bits per heavy atom. The molecule has 0 fully saturated rings. The normalized spacial score (nSPS) is 10.7. The fourth-order valence-corrected chi connectivity index (χ4v) is 2.44. The van der Waals surface area contributed by atoms with Crippen LogP contribution in [0, 0.1) is 0 Å². The number of anilines is 1. The fourth-order valence-electron chi connectivity index (χ4n) is 1.76. The quantitative estimate of drug-likeness (QED) is 0.649. The molecule has 100 valence electrons. The Labute approximate surface area is 132 Å². The lowest BCUT2D eigenvalue weighted by Crippen LogP contribution is -1.87. The van der Waals surface area contributed by atoms with E-state index in [9.17, 15) is 0 Å². The van der Waals surface area contributed by atoms with Gasteiger partial charge in [-0.2, -0.15) is 4.98 Å². The first-order chi connectivity index (χ1) is 9.63. The molecule has 1 heterocycles. The second-order valence-electron chi connectivity index (χ2n) is 4.17. The Balaban J connectivity index is 2.01. The van der Waals surface area contributed by atoms with Crippen molar-refractivity contribution in [1.29, 1.82) is 0 Å². The molecule has 6 heteroatoms. The van der Waals surface area contributed by atoms with Crippen LogP contribution in [0.2, 0.25) is 0 Å². The molecule has 0 bridgehead atoms. The first-order valence-electron chi connectivity index (χ1n) is 5.78. The van der Waals surface area contributed by atoms with Gasteiger partial charge in [0, 0.05) is 20.2 Å². The Morgan fingerprint density at radius 2 is 1.75 bits per heavy atom. The minimum atomic E-state index is 0.432. The summed E-state index contributed by atoms with van der Waals surface area (Å²) in [7, 11) is 0. The molecule has 2 N–H and O–H groups in total. The second-order valence-corrected chi connectivity index (χ2v) is 5.94. The number of hydrogen-bond donors (Lipinski definition) is 1. The maximum atomic E-state index is 5.78. The van der Waals surface area contributed by atoms with Crippen LogP contribution in [0.1, 0.15) is 0 Å². The van der Waals surface area contributed by atoms with Crippen LogP contribution in [0.15, 0.2) is 55.9 Å². The van der Waals surface area contributed by atoms with Crippen molar-refractivity contribution in [3.05, 3.63) is 51.4 Å². The summed E-state index contributed by atoms with van der Waals surface area (Å²) < 4.78 is 7.18. The molecule has 0 amide bonds. The van der Waals surface area contributed by atoms with Crippen LogP contribution in [-0.4, -0.2) is 10.1 Å². The van der Waals surface area contributed by atoms with E-state index in [2.05, 4.69) is 42.0 Å². The number of nitrogens with two attached hydrogens (primary N) is 1. The maximum absolute atomic E-state index is 5.78. The summed E-state index contributed by atoms with van der Waals surface area (Å²) in [6.07, 6.45) is 0. The van der Waals surface area contributed by atoms with Gasteiger partial charge in [0.2, 0.25) is 5.82 Å². The summed E-state index contributed by atoms with van der Waals surface area (Å²) in [5.74, 6) is 0.976. The Hall–Kier alpha value is -1.66. The molecule has 0 aliphatic rings. The van der Waals surface area contributed by atoms with Gasteiger partial charge in [-0.3, -0.25) is 0 Å². The third kappa shape index (κ3) is 2.62. The van der Waals surface area contributed by atoms with E-state index in [0.717, 1.165) is 20.1 Å². The smallest absolute Gasteiger partial charge is 0.259 e. The van der Waals surface area contributed by atoms with Crippen molar-refractivity contribution >= 4 is 37.5 Å². The molecule has 4 nitrogen and oxygen atoms in total. The van der Waals surface area contributed by atoms with E-state index >= 15 is 0 Å². The van der Waals surface area contributed by atoms with Gasteiger partial charge in [0.25, 0.3) is 5.89 Å². The summed E-state index contributed by atoms with van der Waals surface area (Å²) in [6, 6.07) is 13.2. The Kier molecular flexibility index (Phi) is 3.58. The predicted molar refractivity (Wildman–Crippen MR) is 85.0 cm³/mol. The van der Waals surface area contributed by atoms with Gasteiger partial charge in [-0.25, -0.2) is 0 Å². The lowest BCUT2D eigenvalue weighted by atomic mass is 10.2. The van der Waals surface area contributed by atoms with Crippen LogP contribution < -0.4 is 5.73 Å². The minimum absolute atomic E-state index is 0.432. The second kappa shape index (κ2) is 5.38. The van der Waals surface area contributed by atoms with Crippen molar-refractivity contribution in [2.45, 2.75) is 0 Å². The third-order valence-electron chi connectivity index (χ3n) is 2.75. The Bertz CT molecular complexity index is 753. The number of nitrogens with zero attached hydrogens (tertiary/aromatic N) is 2. The lowest BCUT2D eigenvalue weighted by Gasteiger charge is -1.99. The standard InChI is InChI=1S/C14H9Br2N3O/c15-9-3-1-8(2-4-9)13-18-14(20-19-13)11-7-10(17)5-6-12(11)16/h1-7H,17H2. The van der Waals surface area contributed by atoms with Crippen molar-refractivity contribution in [2.24, 2.45) is 0 Å². The molecule has 1 aromatic heterocycles. The zero-order valence-corrected chi connectivity index (χ0v) is 13.3. The molecule has 20 heavy (non-hydrogen) atoms. The van der Waals surface area contributed by atoms with Crippen LogP contribution in [0.4, 0.5) is 5.69 Å². The summed E-state index contributed by atoms with van der Waals surface area (Å²) >= 11 is 6.85. The van der Waals surface area contributed by atoms with E-state index in [1.807, 2.05) is 30.3 Å². The first kappa shape index (κ1) is 13.3. The van der Waals surface area contributed by atoms with Crippen molar-refractivity contribution in [2.75, 3.05) is 5.73 Å². The number of aromatic nitrogens is 2. The molecular weight excluding hydrogens is 386 g/mol. The van der Waals surface area contributed by atoms with Gasteiger partial charge in [-0.1, -0.05) is 21.1 Å². The molecule has 0 aliphatic carbocycles. The molecule has 3 rings (SSSR count). The topological polar surface area (TPSA) is 64.9 Å². The molecule has 0 aliphatic heterocycles. The number of rotatable bonds is 2. The van der Waals surface area contributed by atoms with E-state index in [0.29, 0.717) is 17.4 Å². The third-order valence-corrected chi connectivity index (χ3v) is 3.97. The van der Waals surface area contributed by atoms with Crippen LogP contribution >= 0.6 is 31.9 Å². The largest absolute Gasteiger partial charge is 0.399 e. The molecular formula is C14H9Br2N3O. The van der Waals surface area contributed by atoms with E-state index in [-0.39, 0.29) is 0 Å². The van der Waals surface area contributed by atoms with Gasteiger partial charge >= 0.3 is 0 Å². The summed E-state index contributed by atoms with van der Waals surface area (Å²) in [5.41, 5.74) is 8.10. The van der Waals surface area contributed by atoms with Crippen LogP contribution in [0.5, 0.6) is 0 Å². The van der Waals surface area contributed by atoms with E-state index in [1.165, 1.54) is 0 Å². The SMILES string of the molecule is Nc1ccc(Br)c(-c2nc(-c3ccc(Br)cc3)no2)c1. The molecule has 2 aromatic carbocycles. The van der Waals surface area contributed by atoms with Crippen LogP contribution in [0.25, 0.3) is 22.8 Å². The molecule has 0 saturated heterocycles. The maximum Gasteiger partial charge on any atom is 0.259 e. The Morgan fingerprint density at radius 1 is 1.00 bits per heavy atom. The first-order valence-corrected chi connectivity index (χ1v) is 7.37. The van der Waals surface area contributed by atoms with Crippen molar-refractivity contribution in [1.82, 2.24) is 10.1 Å². The van der Waals surface area contributed by atoms with Crippen molar-refractivity contribution in [3.8, 4) is 22.8 Å². The number of halogens is 2. The van der Waals surface area contributed by atoms with Gasteiger partial charge in [-0.05, 0) is 58.4 Å². The van der Waals surface area contributed by atoms with Crippen LogP contribution in [-0.2, 0) is 0 Å². The highest BCUT2D eigenvalue weighted by Crippen LogP contribution is 2.30. The predicted octanol–water partition coefficient (Wildman–Crippen LogP) is 4.51. The number of benzene rings is 2. The van der Waals surface area contributed by atoms with Gasteiger partial charge < -0.3 is 10.3 Å². The fraction of sp³-hybridized carbons (Fsp3) is 0. The van der Waals surface area contributed by atoms with E-state index in [1.54, 1.807) is 12.1 Å². The molecule has 0 saturated carbocycles. The summed E-state index contributed by atoms with van der Waals surface area (Å²) in [6.45, 7) is 0. The minimum Gasteiger partial charge on any atom is -0.399 e. The van der Waals surface area contributed by atoms with Gasteiger partial charge in [0.05, 0.1) is 5.56 Å². The highest BCUT2D eigenvalue weighted by Gasteiger charge is 2.13. The molecule has 0 radical (unpaired) electrons. The molecule has 0 unspecified atom stereocenters. The van der Waals surface area contributed by atoms with Gasteiger partial charge in [0.15, 0.2) is 0 Å². The van der Waals surface area contributed by atoms with Gasteiger partial charge in [0.1, 0.15) is 0 Å².